The first-order chi connectivity index (χ1) is 8.56. The van der Waals surface area contributed by atoms with Crippen molar-refractivity contribution < 1.29 is 9.90 Å². The quantitative estimate of drug-likeness (QED) is 0.746. The first-order valence-electron chi connectivity index (χ1n) is 5.43. The Morgan fingerprint density at radius 3 is 3.06 bits per heavy atom. The fourth-order valence-electron chi connectivity index (χ4n) is 2.17. The van der Waals surface area contributed by atoms with Gasteiger partial charge in [0.2, 0.25) is 5.78 Å². The molecule has 0 aliphatic carbocycles. The lowest BCUT2D eigenvalue weighted by Crippen LogP contribution is -2.04. The Hall–Kier alpha value is -2.01. The van der Waals surface area contributed by atoms with E-state index in [9.17, 15) is 4.79 Å². The van der Waals surface area contributed by atoms with Gasteiger partial charge in [-0.3, -0.25) is 9.20 Å². The molecule has 0 unspecified atom stereocenters. The Morgan fingerprint density at radius 1 is 1.56 bits per heavy atom. The monoisotopic (exact) mass is 263 g/mol. The smallest absolute Gasteiger partial charge is 0.309 e. The molecule has 0 spiro atoms. The molecule has 2 aromatic heterocycles. The molecule has 2 heterocycles. The van der Waals surface area contributed by atoms with Crippen LogP contribution in [-0.2, 0) is 11.2 Å². The first-order valence-corrected chi connectivity index (χ1v) is 5.81. The second kappa shape index (κ2) is 3.74. The van der Waals surface area contributed by atoms with Crippen LogP contribution in [-0.4, -0.2) is 25.4 Å². The topological polar surface area (TPSA) is 70.4 Å². The molecule has 18 heavy (non-hydrogen) atoms. The molecule has 0 aliphatic rings. The number of benzene rings is 1. The molecule has 0 atom stereocenters. The van der Waals surface area contributed by atoms with Crippen molar-refractivity contribution in [2.75, 3.05) is 0 Å². The van der Waals surface area contributed by atoms with Crippen molar-refractivity contribution in [1.29, 1.82) is 0 Å². The maximum atomic E-state index is 10.9. The summed E-state index contributed by atoms with van der Waals surface area (Å²) in [6.07, 6.45) is -0.0518. The minimum Gasteiger partial charge on any atom is -0.481 e. The van der Waals surface area contributed by atoms with E-state index in [-0.39, 0.29) is 6.42 Å². The number of aryl methyl sites for hydroxylation is 1. The molecular weight excluding hydrogens is 254 g/mol. The largest absolute Gasteiger partial charge is 0.481 e. The Morgan fingerprint density at radius 2 is 2.33 bits per heavy atom. The highest BCUT2D eigenvalue weighted by Gasteiger charge is 2.15. The molecule has 0 saturated heterocycles. The standard InChI is InChI=1S/C12H10ClN3O2/c1-6-9(5-11(17)18)16-10-4-7(13)2-3-8(10)15-12(16)14-6/h2-4H,5H2,1H3,(H,14,15)(H,17,18). The number of nitrogens with one attached hydrogen (secondary N) is 1. The molecule has 0 amide bonds. The van der Waals surface area contributed by atoms with Crippen molar-refractivity contribution in [2.45, 2.75) is 13.3 Å². The Kier molecular flexibility index (Phi) is 2.31. The lowest BCUT2D eigenvalue weighted by Gasteiger charge is -1.99. The van der Waals surface area contributed by atoms with Crippen molar-refractivity contribution in [3.8, 4) is 0 Å². The van der Waals surface area contributed by atoms with Gasteiger partial charge < -0.3 is 10.1 Å². The highest BCUT2D eigenvalue weighted by molar-refractivity contribution is 6.31. The summed E-state index contributed by atoms with van der Waals surface area (Å²) in [5.74, 6) is -0.233. The van der Waals surface area contributed by atoms with Crippen molar-refractivity contribution in [2.24, 2.45) is 0 Å². The highest BCUT2D eigenvalue weighted by Crippen LogP contribution is 2.23. The van der Waals surface area contributed by atoms with Crippen LogP contribution in [0.3, 0.4) is 0 Å². The molecule has 0 aliphatic heterocycles. The highest BCUT2D eigenvalue weighted by atomic mass is 35.5. The van der Waals surface area contributed by atoms with Gasteiger partial charge in [-0.25, -0.2) is 4.98 Å². The predicted octanol–water partition coefficient (Wildman–Crippen LogP) is 2.40. The molecule has 3 aromatic rings. The molecule has 2 N–H and O–H groups in total. The van der Waals surface area contributed by atoms with Gasteiger partial charge in [0.15, 0.2) is 0 Å². The molecule has 1 aromatic carbocycles. The number of aliphatic carboxylic acids is 1. The third-order valence-corrected chi connectivity index (χ3v) is 3.17. The number of nitrogens with zero attached hydrogens (tertiary/aromatic N) is 2. The van der Waals surface area contributed by atoms with Crippen molar-refractivity contribution >= 4 is 34.4 Å². The number of hydrogen-bond acceptors (Lipinski definition) is 2. The fourth-order valence-corrected chi connectivity index (χ4v) is 2.33. The Balaban J connectivity index is 2.39. The SMILES string of the molecule is Cc1[nH]c2nc3ccc(Cl)cc3n2c1CC(=O)O. The van der Waals surface area contributed by atoms with Gasteiger partial charge in [0.05, 0.1) is 23.1 Å². The van der Waals surface area contributed by atoms with Gasteiger partial charge in [-0.15, -0.1) is 0 Å². The number of carboxylic acids is 1. The van der Waals surface area contributed by atoms with E-state index in [1.165, 1.54) is 0 Å². The zero-order valence-corrected chi connectivity index (χ0v) is 10.3. The molecule has 0 fully saturated rings. The lowest BCUT2D eigenvalue weighted by atomic mass is 10.2. The molecule has 3 rings (SSSR count). The van der Waals surface area contributed by atoms with Gasteiger partial charge >= 0.3 is 5.97 Å². The molecule has 0 radical (unpaired) electrons. The van der Waals surface area contributed by atoms with E-state index in [0.29, 0.717) is 16.5 Å². The van der Waals surface area contributed by atoms with E-state index >= 15 is 0 Å². The zero-order chi connectivity index (χ0) is 12.9. The van der Waals surface area contributed by atoms with Gasteiger partial charge in [0.1, 0.15) is 0 Å². The average molecular weight is 264 g/mol. The van der Waals surface area contributed by atoms with Crippen LogP contribution < -0.4 is 0 Å². The van der Waals surface area contributed by atoms with Crippen LogP contribution in [0.5, 0.6) is 0 Å². The van der Waals surface area contributed by atoms with Gasteiger partial charge in [-0.05, 0) is 25.1 Å². The number of imidazole rings is 2. The molecule has 92 valence electrons. The number of fused-ring (bicyclic) bond motifs is 3. The average Bonchev–Trinajstić information content (AvgIpc) is 2.76. The summed E-state index contributed by atoms with van der Waals surface area (Å²) in [7, 11) is 0. The van der Waals surface area contributed by atoms with Gasteiger partial charge in [0, 0.05) is 10.7 Å². The van der Waals surface area contributed by atoms with Crippen LogP contribution in [0.2, 0.25) is 5.02 Å². The van der Waals surface area contributed by atoms with E-state index in [4.69, 9.17) is 16.7 Å². The van der Waals surface area contributed by atoms with Crippen molar-refractivity contribution in [1.82, 2.24) is 14.4 Å². The number of H-pyrrole nitrogens is 1. The number of rotatable bonds is 2. The number of halogens is 1. The maximum Gasteiger partial charge on any atom is 0.309 e. The zero-order valence-electron chi connectivity index (χ0n) is 9.57. The van der Waals surface area contributed by atoms with Crippen molar-refractivity contribution in [3.05, 3.63) is 34.6 Å². The van der Waals surface area contributed by atoms with E-state index in [0.717, 1.165) is 16.7 Å². The second-order valence-corrected chi connectivity index (χ2v) is 4.61. The summed E-state index contributed by atoms with van der Waals surface area (Å²) >= 11 is 5.97. The minimum absolute atomic E-state index is 0.0518. The summed E-state index contributed by atoms with van der Waals surface area (Å²) in [6, 6.07) is 5.37. The summed E-state index contributed by atoms with van der Waals surface area (Å²) in [4.78, 5) is 18.4. The normalized spacial score (nSPS) is 11.4. The molecule has 5 nitrogen and oxygen atoms in total. The number of aromatic amines is 1. The molecule has 0 bridgehead atoms. The molecular formula is C12H10ClN3O2. The van der Waals surface area contributed by atoms with E-state index in [2.05, 4.69) is 9.97 Å². The third kappa shape index (κ3) is 1.55. The number of aromatic nitrogens is 3. The van der Waals surface area contributed by atoms with E-state index in [1.807, 2.05) is 17.4 Å². The third-order valence-electron chi connectivity index (χ3n) is 2.94. The Bertz CT molecular complexity index is 772. The van der Waals surface area contributed by atoms with Gasteiger partial charge in [-0.2, -0.15) is 0 Å². The van der Waals surface area contributed by atoms with Crippen LogP contribution >= 0.6 is 11.6 Å². The van der Waals surface area contributed by atoms with Crippen LogP contribution in [0.4, 0.5) is 0 Å². The van der Waals surface area contributed by atoms with Gasteiger partial charge in [-0.1, -0.05) is 11.6 Å². The first kappa shape index (κ1) is 11.1. The summed E-state index contributed by atoms with van der Waals surface area (Å²) in [5.41, 5.74) is 3.11. The van der Waals surface area contributed by atoms with Crippen LogP contribution in [0.15, 0.2) is 18.2 Å². The maximum absolute atomic E-state index is 10.9. The van der Waals surface area contributed by atoms with Crippen LogP contribution in [0, 0.1) is 6.92 Å². The number of hydrogen-bond donors (Lipinski definition) is 2. The van der Waals surface area contributed by atoms with Crippen molar-refractivity contribution in [3.63, 3.8) is 0 Å². The summed E-state index contributed by atoms with van der Waals surface area (Å²) in [6.45, 7) is 1.84. The second-order valence-electron chi connectivity index (χ2n) is 4.17. The molecule has 0 saturated carbocycles. The Labute approximate surface area is 107 Å². The fraction of sp³-hybridized carbons (Fsp3) is 0.167. The van der Waals surface area contributed by atoms with Crippen LogP contribution in [0.25, 0.3) is 16.8 Å². The minimum atomic E-state index is -0.872. The van der Waals surface area contributed by atoms with E-state index < -0.39 is 5.97 Å². The predicted molar refractivity (Wildman–Crippen MR) is 68.1 cm³/mol. The lowest BCUT2D eigenvalue weighted by molar-refractivity contribution is -0.136. The van der Waals surface area contributed by atoms with Crippen LogP contribution in [0.1, 0.15) is 11.4 Å². The van der Waals surface area contributed by atoms with E-state index in [1.54, 1.807) is 12.1 Å². The van der Waals surface area contributed by atoms with Gasteiger partial charge in [0.25, 0.3) is 0 Å². The summed E-state index contributed by atoms with van der Waals surface area (Å²) in [5, 5.41) is 9.56. The number of carboxylic acid groups (broad SMARTS) is 1. The summed E-state index contributed by atoms with van der Waals surface area (Å²) < 4.78 is 1.81. The molecule has 6 heteroatoms. The number of carbonyl (C=O) groups is 1.